The van der Waals surface area contributed by atoms with Crippen LogP contribution in [-0.2, 0) is 5.41 Å². The van der Waals surface area contributed by atoms with Gasteiger partial charge >= 0.3 is 0 Å². The number of fused-ring (bicyclic) bond motifs is 9. The molecule has 0 fully saturated rings. The molecule has 7 aromatic carbocycles. The van der Waals surface area contributed by atoms with Crippen molar-refractivity contribution >= 4 is 51.5 Å². The quantitative estimate of drug-likeness (QED) is 0.0781. The van der Waals surface area contributed by atoms with Crippen molar-refractivity contribution in [2.45, 2.75) is 36.5 Å². The number of hydrogen-bond donors (Lipinski definition) is 0. The van der Waals surface area contributed by atoms with Crippen LogP contribution in [0.2, 0.25) is 0 Å². The zero-order valence-corrected chi connectivity index (χ0v) is 32.8. The van der Waals surface area contributed by atoms with E-state index in [1.54, 1.807) is 0 Å². The van der Waals surface area contributed by atoms with Crippen LogP contribution in [0.1, 0.15) is 48.4 Å². The van der Waals surface area contributed by atoms with Gasteiger partial charge in [0.15, 0.2) is 0 Å². The summed E-state index contributed by atoms with van der Waals surface area (Å²) in [6.45, 7) is 2.27. The van der Waals surface area contributed by atoms with Gasteiger partial charge in [-0.05, 0) is 154 Å². The molecule has 0 saturated heterocycles. The Morgan fingerprint density at radius 2 is 1.05 bits per heavy atom. The van der Waals surface area contributed by atoms with Crippen LogP contribution in [0.3, 0.4) is 0 Å². The van der Waals surface area contributed by atoms with Gasteiger partial charge in [0.25, 0.3) is 0 Å². The van der Waals surface area contributed by atoms with E-state index in [0.29, 0.717) is 0 Å². The van der Waals surface area contributed by atoms with Crippen LogP contribution in [0, 0.1) is 11.8 Å². The highest BCUT2D eigenvalue weighted by Gasteiger charge is 2.52. The van der Waals surface area contributed by atoms with Gasteiger partial charge in [-0.1, -0.05) is 116 Å². The number of para-hydroxylation sites is 3. The number of hydrogen-bond acceptors (Lipinski definition) is 3. The third-order valence-electron chi connectivity index (χ3n) is 11.6. The van der Waals surface area contributed by atoms with E-state index in [9.17, 15) is 0 Å². The molecule has 57 heavy (non-hydrogen) atoms. The predicted octanol–water partition coefficient (Wildman–Crippen LogP) is 14.6. The molecule has 3 aliphatic rings. The van der Waals surface area contributed by atoms with Crippen LogP contribution < -0.4 is 9.80 Å². The molecule has 10 rings (SSSR count). The maximum atomic E-state index is 3.54. The highest BCUT2D eigenvalue weighted by Crippen LogP contribution is 2.64. The first kappa shape index (κ1) is 35.0. The van der Waals surface area contributed by atoms with Gasteiger partial charge in [0.2, 0.25) is 0 Å². The second kappa shape index (κ2) is 14.9. The molecule has 274 valence electrons. The van der Waals surface area contributed by atoms with E-state index in [1.165, 1.54) is 62.3 Å². The summed E-state index contributed by atoms with van der Waals surface area (Å²) in [4.78, 5) is 6.06. The normalized spacial score (nSPS) is 15.6. The Kier molecular flexibility index (Phi) is 9.13. The van der Waals surface area contributed by atoms with Crippen LogP contribution >= 0.6 is 11.8 Å². The van der Waals surface area contributed by atoms with Crippen molar-refractivity contribution in [1.29, 1.82) is 0 Å². The SMILES string of the molecule is CCCCSc1ccc2c(c1)C1(C3=C2C=CC#CC3)c2ccccc2-c2ccc(N(c3ccccc3)c3ccc(N(c4ccccc4)c4ccccc4)cc3)cc21. The Labute approximate surface area is 340 Å². The minimum Gasteiger partial charge on any atom is -0.311 e. The van der Waals surface area contributed by atoms with E-state index in [1.807, 2.05) is 17.8 Å². The van der Waals surface area contributed by atoms with Crippen LogP contribution in [0.4, 0.5) is 34.1 Å². The van der Waals surface area contributed by atoms with E-state index in [0.717, 1.165) is 46.3 Å². The van der Waals surface area contributed by atoms with Crippen LogP contribution in [-0.4, -0.2) is 5.75 Å². The molecule has 0 heterocycles. The van der Waals surface area contributed by atoms with Crippen LogP contribution in [0.25, 0.3) is 16.7 Å². The topological polar surface area (TPSA) is 6.48 Å². The smallest absolute Gasteiger partial charge is 0.0698 e. The van der Waals surface area contributed by atoms with Crippen molar-refractivity contribution in [2.75, 3.05) is 15.6 Å². The number of thioether (sulfide) groups is 1. The second-order valence-corrected chi connectivity index (χ2v) is 16.0. The van der Waals surface area contributed by atoms with Crippen molar-refractivity contribution in [2.24, 2.45) is 0 Å². The van der Waals surface area contributed by atoms with Crippen LogP contribution in [0.5, 0.6) is 0 Å². The fourth-order valence-corrected chi connectivity index (χ4v) is 10.2. The molecule has 3 aliphatic carbocycles. The third kappa shape index (κ3) is 5.92. The van der Waals surface area contributed by atoms with Gasteiger partial charge in [-0.2, -0.15) is 0 Å². The van der Waals surface area contributed by atoms with Gasteiger partial charge in [-0.25, -0.2) is 0 Å². The molecule has 7 aromatic rings. The number of benzene rings is 7. The van der Waals surface area contributed by atoms with Crippen molar-refractivity contribution in [3.8, 4) is 23.0 Å². The van der Waals surface area contributed by atoms with E-state index in [2.05, 4.69) is 211 Å². The highest BCUT2D eigenvalue weighted by atomic mass is 32.2. The maximum Gasteiger partial charge on any atom is 0.0698 e. The molecule has 2 nitrogen and oxygen atoms in total. The summed E-state index contributed by atoms with van der Waals surface area (Å²) in [6, 6.07) is 64.4. The molecule has 0 aliphatic heterocycles. The lowest BCUT2D eigenvalue weighted by atomic mass is 9.69. The van der Waals surface area contributed by atoms with Gasteiger partial charge in [0, 0.05) is 45.4 Å². The zero-order valence-electron chi connectivity index (χ0n) is 32.0. The Morgan fingerprint density at radius 3 is 1.70 bits per heavy atom. The molecule has 0 radical (unpaired) electrons. The summed E-state index contributed by atoms with van der Waals surface area (Å²) in [5, 5.41) is 0. The third-order valence-corrected chi connectivity index (χ3v) is 12.7. The second-order valence-electron chi connectivity index (χ2n) is 14.9. The zero-order chi connectivity index (χ0) is 38.2. The summed E-state index contributed by atoms with van der Waals surface area (Å²) in [5.74, 6) is 7.98. The predicted molar refractivity (Wildman–Crippen MR) is 242 cm³/mol. The van der Waals surface area contributed by atoms with Crippen molar-refractivity contribution < 1.29 is 0 Å². The van der Waals surface area contributed by atoms with E-state index >= 15 is 0 Å². The van der Waals surface area contributed by atoms with Gasteiger partial charge in [0.1, 0.15) is 0 Å². The molecule has 0 saturated carbocycles. The lowest BCUT2D eigenvalue weighted by Gasteiger charge is -2.34. The lowest BCUT2D eigenvalue weighted by Crippen LogP contribution is -2.28. The molecular weight excluding hydrogens is 709 g/mol. The first-order valence-corrected chi connectivity index (χ1v) is 21.0. The Hall–Kier alpha value is -6.47. The number of rotatable bonds is 10. The number of unbranched alkanes of at least 4 members (excludes halogenated alkanes) is 1. The summed E-state index contributed by atoms with van der Waals surface area (Å²) in [5.41, 5.74) is 16.9. The van der Waals surface area contributed by atoms with Gasteiger partial charge < -0.3 is 9.80 Å². The summed E-state index contributed by atoms with van der Waals surface area (Å²) < 4.78 is 0. The fraction of sp³-hybridized carbons (Fsp3) is 0.111. The summed E-state index contributed by atoms with van der Waals surface area (Å²) in [6.07, 6.45) is 7.44. The first-order chi connectivity index (χ1) is 28.3. The molecular formula is C54H42N2S. The molecule has 1 unspecified atom stereocenters. The molecule has 1 atom stereocenters. The number of nitrogens with zero attached hydrogens (tertiary/aromatic N) is 2. The van der Waals surface area contributed by atoms with E-state index < -0.39 is 5.41 Å². The standard InChI is InChI=1S/C54H42N2S/c1-2-3-36-57-45-33-35-49-46-24-14-7-15-26-50(46)54(53(49)38-45)51-27-17-16-25-47(51)48-34-32-44(37-52(48)54)56(41-22-12-6-13-23-41)43-30-28-42(29-31-43)55(39-18-8-4-9-19-39)40-20-10-5-11-21-40/h4-6,8-14,16-25,27-35,37-38H,2-3,26,36H2,1H3. The molecule has 0 N–H and O–H groups in total. The van der Waals surface area contributed by atoms with Crippen molar-refractivity contribution in [3.63, 3.8) is 0 Å². The Morgan fingerprint density at radius 1 is 0.526 bits per heavy atom. The number of anilines is 6. The molecule has 0 aromatic heterocycles. The van der Waals surface area contributed by atoms with E-state index in [-0.39, 0.29) is 0 Å². The fourth-order valence-electron chi connectivity index (χ4n) is 9.16. The first-order valence-electron chi connectivity index (χ1n) is 20.0. The monoisotopic (exact) mass is 750 g/mol. The molecule has 1 spiro atoms. The molecule has 0 amide bonds. The summed E-state index contributed by atoms with van der Waals surface area (Å²) in [7, 11) is 0. The largest absolute Gasteiger partial charge is 0.311 e. The average molecular weight is 751 g/mol. The minimum atomic E-state index is -0.449. The summed E-state index contributed by atoms with van der Waals surface area (Å²) >= 11 is 1.98. The van der Waals surface area contributed by atoms with Crippen molar-refractivity contribution in [1.82, 2.24) is 0 Å². The average Bonchev–Trinajstić information content (AvgIpc) is 3.56. The van der Waals surface area contributed by atoms with Gasteiger partial charge in [-0.15, -0.1) is 11.8 Å². The lowest BCUT2D eigenvalue weighted by molar-refractivity contribution is 0.748. The Bertz CT molecular complexity index is 2680. The Balaban J connectivity index is 1.15. The van der Waals surface area contributed by atoms with Gasteiger partial charge in [0.05, 0.1) is 5.41 Å². The highest BCUT2D eigenvalue weighted by molar-refractivity contribution is 7.99. The maximum absolute atomic E-state index is 3.54. The van der Waals surface area contributed by atoms with Crippen LogP contribution in [0.15, 0.2) is 199 Å². The minimum absolute atomic E-state index is 0.449. The molecule has 3 heteroatoms. The number of allylic oxidation sites excluding steroid dienone is 4. The van der Waals surface area contributed by atoms with E-state index in [4.69, 9.17) is 0 Å². The van der Waals surface area contributed by atoms with Gasteiger partial charge in [-0.3, -0.25) is 0 Å². The molecule has 0 bridgehead atoms. The van der Waals surface area contributed by atoms with Crippen molar-refractivity contribution in [3.05, 3.63) is 216 Å².